The van der Waals surface area contributed by atoms with E-state index in [4.69, 9.17) is 10.6 Å². The monoisotopic (exact) mass is 282 g/mol. The number of hydrazine groups is 1. The zero-order chi connectivity index (χ0) is 14.7. The van der Waals surface area contributed by atoms with Gasteiger partial charge in [0.05, 0.1) is 19.3 Å². The highest BCUT2D eigenvalue weighted by Gasteiger charge is 2.23. The summed E-state index contributed by atoms with van der Waals surface area (Å²) in [7, 11) is 1.51. The Balaban J connectivity index is 2.51. The van der Waals surface area contributed by atoms with Gasteiger partial charge in [0, 0.05) is 6.54 Å². The van der Waals surface area contributed by atoms with E-state index in [1.807, 2.05) is 6.92 Å². The summed E-state index contributed by atoms with van der Waals surface area (Å²) in [4.78, 5) is 0. The van der Waals surface area contributed by atoms with Crippen LogP contribution in [-0.2, 0) is 6.54 Å². The molecule has 1 atom stereocenters. The van der Waals surface area contributed by atoms with Crippen LogP contribution in [0.5, 0.6) is 5.75 Å². The first-order valence-electron chi connectivity index (χ1n) is 6.13. The third-order valence-electron chi connectivity index (χ3n) is 3.08. The highest BCUT2D eigenvalue weighted by molar-refractivity contribution is 5.36. The largest absolute Gasteiger partial charge is 0.493 e. The van der Waals surface area contributed by atoms with Gasteiger partial charge in [0.15, 0.2) is 17.4 Å². The molecule has 0 bridgehead atoms. The van der Waals surface area contributed by atoms with Gasteiger partial charge in [-0.15, -0.1) is 0 Å². The number of nitrogens with two attached hydrogens (primary N) is 1. The lowest BCUT2D eigenvalue weighted by Crippen LogP contribution is -2.31. The van der Waals surface area contributed by atoms with Crippen molar-refractivity contribution in [2.24, 2.45) is 5.84 Å². The van der Waals surface area contributed by atoms with E-state index in [-0.39, 0.29) is 0 Å². The minimum atomic E-state index is -0.927. The molecule has 0 radical (unpaired) electrons. The van der Waals surface area contributed by atoms with E-state index in [9.17, 15) is 8.78 Å². The lowest BCUT2D eigenvalue weighted by Gasteiger charge is -2.19. The average molecular weight is 282 g/mol. The van der Waals surface area contributed by atoms with Crippen molar-refractivity contribution in [1.82, 2.24) is 15.2 Å². The number of hydrogen-bond acceptors (Lipinski definition) is 4. The Bertz CT molecular complexity index is 579. The Kier molecular flexibility index (Phi) is 4.31. The van der Waals surface area contributed by atoms with Crippen LogP contribution in [0.15, 0.2) is 24.4 Å². The molecular weight excluding hydrogens is 266 g/mol. The number of aromatic nitrogens is 2. The number of ether oxygens (including phenoxy) is 1. The van der Waals surface area contributed by atoms with Crippen molar-refractivity contribution in [1.29, 1.82) is 0 Å². The van der Waals surface area contributed by atoms with E-state index in [0.717, 1.165) is 12.1 Å². The number of rotatable bonds is 5. The summed E-state index contributed by atoms with van der Waals surface area (Å²) < 4.78 is 33.3. The van der Waals surface area contributed by atoms with Gasteiger partial charge in [0.2, 0.25) is 0 Å². The molecule has 108 valence electrons. The molecule has 0 aliphatic carbocycles. The van der Waals surface area contributed by atoms with Crippen LogP contribution in [0.3, 0.4) is 0 Å². The van der Waals surface area contributed by atoms with Crippen LogP contribution in [0.4, 0.5) is 8.78 Å². The Labute approximate surface area is 115 Å². The van der Waals surface area contributed by atoms with E-state index in [2.05, 4.69) is 10.5 Å². The number of nitrogens with zero attached hydrogens (tertiary/aromatic N) is 2. The predicted octanol–water partition coefficient (Wildman–Crippen LogP) is 1.74. The summed E-state index contributed by atoms with van der Waals surface area (Å²) in [6.45, 7) is 2.51. The maximum atomic E-state index is 13.4. The normalized spacial score (nSPS) is 12.4. The molecule has 0 amide bonds. The van der Waals surface area contributed by atoms with Gasteiger partial charge in [-0.2, -0.15) is 5.10 Å². The van der Waals surface area contributed by atoms with Gasteiger partial charge in [-0.25, -0.2) is 14.2 Å². The topological polar surface area (TPSA) is 65.1 Å². The second kappa shape index (κ2) is 5.98. The molecule has 5 nitrogen and oxygen atoms in total. The molecule has 0 aliphatic heterocycles. The second-order valence-corrected chi connectivity index (χ2v) is 4.19. The number of methoxy groups -OCH3 is 1. The van der Waals surface area contributed by atoms with Crippen LogP contribution < -0.4 is 16.0 Å². The maximum Gasteiger partial charge on any atom is 0.161 e. The molecule has 0 saturated carbocycles. The molecule has 0 aliphatic rings. The molecular formula is C13H16F2N4O. The minimum absolute atomic E-state index is 0.486. The molecule has 1 aromatic heterocycles. The highest BCUT2D eigenvalue weighted by Crippen LogP contribution is 2.30. The van der Waals surface area contributed by atoms with Gasteiger partial charge in [0.1, 0.15) is 5.69 Å². The summed E-state index contributed by atoms with van der Waals surface area (Å²) in [5.41, 5.74) is 3.73. The van der Waals surface area contributed by atoms with Crippen LogP contribution in [0.1, 0.15) is 24.2 Å². The average Bonchev–Trinajstić information content (AvgIpc) is 2.86. The molecule has 3 N–H and O–H groups in total. The van der Waals surface area contributed by atoms with Crippen molar-refractivity contribution >= 4 is 0 Å². The molecule has 0 spiro atoms. The molecule has 20 heavy (non-hydrogen) atoms. The third-order valence-corrected chi connectivity index (χ3v) is 3.08. The van der Waals surface area contributed by atoms with E-state index >= 15 is 0 Å². The fourth-order valence-electron chi connectivity index (χ4n) is 2.10. The summed E-state index contributed by atoms with van der Waals surface area (Å²) in [6.07, 6.45) is 1.56. The molecule has 2 rings (SSSR count). The Morgan fingerprint density at radius 1 is 1.40 bits per heavy atom. The van der Waals surface area contributed by atoms with E-state index < -0.39 is 17.7 Å². The van der Waals surface area contributed by atoms with Gasteiger partial charge < -0.3 is 4.74 Å². The Morgan fingerprint density at radius 3 is 2.70 bits per heavy atom. The van der Waals surface area contributed by atoms with Gasteiger partial charge in [-0.3, -0.25) is 10.5 Å². The number of nitrogens with one attached hydrogen (secondary N) is 1. The summed E-state index contributed by atoms with van der Waals surface area (Å²) in [5.74, 6) is 4.27. The number of aryl methyl sites for hydroxylation is 1. The summed E-state index contributed by atoms with van der Waals surface area (Å²) >= 11 is 0. The van der Waals surface area contributed by atoms with E-state index in [0.29, 0.717) is 23.6 Å². The molecule has 1 heterocycles. The second-order valence-electron chi connectivity index (χ2n) is 4.19. The number of benzene rings is 1. The van der Waals surface area contributed by atoms with E-state index in [1.165, 1.54) is 13.2 Å². The predicted molar refractivity (Wildman–Crippen MR) is 70.0 cm³/mol. The fraction of sp³-hybridized carbons (Fsp3) is 0.308. The Morgan fingerprint density at radius 2 is 2.15 bits per heavy atom. The Hall–Kier alpha value is -1.99. The third kappa shape index (κ3) is 2.50. The zero-order valence-corrected chi connectivity index (χ0v) is 11.2. The van der Waals surface area contributed by atoms with Crippen LogP contribution in [0.25, 0.3) is 0 Å². The molecule has 7 heteroatoms. The van der Waals surface area contributed by atoms with Crippen molar-refractivity contribution in [3.63, 3.8) is 0 Å². The lowest BCUT2D eigenvalue weighted by atomic mass is 10.0. The first-order valence-corrected chi connectivity index (χ1v) is 6.13. The SMILES string of the molecule is CCn1ncc(OC)c1C(NN)c1ccc(F)c(F)c1. The summed E-state index contributed by atoms with van der Waals surface area (Å²) in [6, 6.07) is 3.08. The fourth-order valence-corrected chi connectivity index (χ4v) is 2.10. The molecule has 0 saturated heterocycles. The highest BCUT2D eigenvalue weighted by atomic mass is 19.2. The molecule has 1 aromatic carbocycles. The molecule has 1 unspecified atom stereocenters. The smallest absolute Gasteiger partial charge is 0.161 e. The van der Waals surface area contributed by atoms with Gasteiger partial charge in [0.25, 0.3) is 0 Å². The van der Waals surface area contributed by atoms with Crippen molar-refractivity contribution in [3.05, 3.63) is 47.3 Å². The van der Waals surface area contributed by atoms with Crippen molar-refractivity contribution in [3.8, 4) is 5.75 Å². The quantitative estimate of drug-likeness (QED) is 0.647. The van der Waals surface area contributed by atoms with Crippen LogP contribution in [-0.4, -0.2) is 16.9 Å². The van der Waals surface area contributed by atoms with Gasteiger partial charge >= 0.3 is 0 Å². The van der Waals surface area contributed by atoms with Crippen LogP contribution in [0, 0.1) is 11.6 Å². The van der Waals surface area contributed by atoms with E-state index in [1.54, 1.807) is 10.9 Å². The minimum Gasteiger partial charge on any atom is -0.493 e. The lowest BCUT2D eigenvalue weighted by molar-refractivity contribution is 0.399. The molecule has 0 fully saturated rings. The first-order chi connectivity index (χ1) is 9.62. The van der Waals surface area contributed by atoms with Gasteiger partial charge in [-0.1, -0.05) is 6.07 Å². The van der Waals surface area contributed by atoms with Gasteiger partial charge in [-0.05, 0) is 24.6 Å². The standard InChI is InChI=1S/C13H16F2N4O/c1-3-19-13(11(20-2)7-17-19)12(18-16)8-4-5-9(14)10(15)6-8/h4-7,12,18H,3,16H2,1-2H3. The van der Waals surface area contributed by atoms with Crippen LogP contribution >= 0.6 is 0 Å². The first kappa shape index (κ1) is 14.4. The number of hydrogen-bond donors (Lipinski definition) is 2. The summed E-state index contributed by atoms with van der Waals surface area (Å²) in [5, 5.41) is 4.17. The number of halogens is 2. The van der Waals surface area contributed by atoms with Crippen LogP contribution in [0.2, 0.25) is 0 Å². The molecule has 2 aromatic rings. The van der Waals surface area contributed by atoms with Crippen molar-refractivity contribution in [2.75, 3.05) is 7.11 Å². The maximum absolute atomic E-state index is 13.4. The zero-order valence-electron chi connectivity index (χ0n) is 11.2. The van der Waals surface area contributed by atoms with Crippen molar-refractivity contribution in [2.45, 2.75) is 19.5 Å². The van der Waals surface area contributed by atoms with Crippen molar-refractivity contribution < 1.29 is 13.5 Å².